The third kappa shape index (κ3) is 3.58. The van der Waals surface area contributed by atoms with Crippen molar-refractivity contribution in [2.45, 2.75) is 12.8 Å². The van der Waals surface area contributed by atoms with E-state index in [1.807, 2.05) is 0 Å². The highest BCUT2D eigenvalue weighted by Gasteiger charge is 2.35. The van der Waals surface area contributed by atoms with Crippen LogP contribution < -0.4 is 19.7 Å². The quantitative estimate of drug-likeness (QED) is 0.877. The number of benzene rings is 2. The van der Waals surface area contributed by atoms with E-state index in [-0.39, 0.29) is 30.8 Å². The molecular weight excluding hydrogens is 351 g/mol. The van der Waals surface area contributed by atoms with E-state index in [4.69, 9.17) is 9.47 Å². The number of amides is 2. The summed E-state index contributed by atoms with van der Waals surface area (Å²) in [5.41, 5.74) is 1.24. The number of halogens is 1. The Balaban J connectivity index is 1.34. The average Bonchev–Trinajstić information content (AvgIpc) is 3.29. The van der Waals surface area contributed by atoms with Crippen molar-refractivity contribution < 1.29 is 23.5 Å². The smallest absolute Gasteiger partial charge is 0.231 e. The van der Waals surface area contributed by atoms with Crippen LogP contribution in [0.5, 0.6) is 11.5 Å². The summed E-state index contributed by atoms with van der Waals surface area (Å²) < 4.78 is 24.2. The van der Waals surface area contributed by atoms with Crippen LogP contribution >= 0.6 is 0 Å². The van der Waals surface area contributed by atoms with Gasteiger partial charge in [0.15, 0.2) is 11.5 Å². The molecule has 2 aliphatic rings. The number of ether oxygens (including phenoxy) is 2. The van der Waals surface area contributed by atoms with E-state index in [9.17, 15) is 14.0 Å². The molecular formula is C20H19FN2O4. The van der Waals surface area contributed by atoms with Gasteiger partial charge in [0, 0.05) is 31.3 Å². The molecule has 1 saturated heterocycles. The van der Waals surface area contributed by atoms with Crippen LogP contribution in [0.15, 0.2) is 42.5 Å². The molecule has 4 rings (SSSR count). The number of nitrogens with one attached hydrogen (secondary N) is 1. The van der Waals surface area contributed by atoms with Crippen molar-refractivity contribution in [3.8, 4) is 11.5 Å². The van der Waals surface area contributed by atoms with Crippen LogP contribution in [-0.2, 0) is 16.0 Å². The van der Waals surface area contributed by atoms with E-state index in [1.54, 1.807) is 41.3 Å². The Morgan fingerprint density at radius 1 is 1.19 bits per heavy atom. The molecule has 140 valence electrons. The van der Waals surface area contributed by atoms with Gasteiger partial charge in [-0.05, 0) is 30.2 Å². The van der Waals surface area contributed by atoms with Gasteiger partial charge in [-0.3, -0.25) is 9.59 Å². The predicted octanol–water partition coefficient (Wildman–Crippen LogP) is 2.27. The molecule has 0 saturated carbocycles. The highest BCUT2D eigenvalue weighted by atomic mass is 19.1. The topological polar surface area (TPSA) is 67.9 Å². The third-order valence-electron chi connectivity index (χ3n) is 4.82. The summed E-state index contributed by atoms with van der Waals surface area (Å²) in [5.74, 6) is 0.234. The monoisotopic (exact) mass is 370 g/mol. The van der Waals surface area contributed by atoms with Gasteiger partial charge in [0.05, 0.1) is 5.92 Å². The van der Waals surface area contributed by atoms with Crippen LogP contribution in [0.2, 0.25) is 0 Å². The predicted molar refractivity (Wildman–Crippen MR) is 96.1 cm³/mol. The summed E-state index contributed by atoms with van der Waals surface area (Å²) in [4.78, 5) is 26.3. The first-order valence-corrected chi connectivity index (χ1v) is 8.83. The molecule has 0 spiro atoms. The number of carbonyl (C=O) groups is 2. The van der Waals surface area contributed by atoms with Crippen LogP contribution in [-0.4, -0.2) is 31.7 Å². The number of anilines is 1. The Bertz CT molecular complexity index is 886. The van der Waals surface area contributed by atoms with Crippen LogP contribution in [0.1, 0.15) is 12.0 Å². The number of fused-ring (bicyclic) bond motifs is 1. The molecule has 0 aliphatic carbocycles. The zero-order chi connectivity index (χ0) is 18.8. The summed E-state index contributed by atoms with van der Waals surface area (Å²) in [6, 6.07) is 11.8. The second-order valence-electron chi connectivity index (χ2n) is 6.58. The van der Waals surface area contributed by atoms with Gasteiger partial charge in [-0.2, -0.15) is 0 Å². The van der Waals surface area contributed by atoms with Gasteiger partial charge < -0.3 is 19.7 Å². The van der Waals surface area contributed by atoms with Crippen LogP contribution in [0.3, 0.4) is 0 Å². The van der Waals surface area contributed by atoms with Gasteiger partial charge in [-0.1, -0.05) is 18.2 Å². The standard InChI is InChI=1S/C20H19FN2O4/c21-16-4-2-1-3-13(16)7-8-22-20(25)14-9-19(24)23(11-14)15-5-6-17-18(10-15)27-12-26-17/h1-6,10,14H,7-9,11-12H2,(H,22,25). The zero-order valence-corrected chi connectivity index (χ0v) is 14.6. The maximum atomic E-state index is 13.6. The molecule has 1 fully saturated rings. The van der Waals surface area contributed by atoms with Crippen molar-refractivity contribution in [1.82, 2.24) is 5.32 Å². The van der Waals surface area contributed by atoms with Crippen LogP contribution in [0.4, 0.5) is 10.1 Å². The van der Waals surface area contributed by atoms with Gasteiger partial charge in [0.2, 0.25) is 18.6 Å². The maximum absolute atomic E-state index is 13.6. The molecule has 2 heterocycles. The lowest BCUT2D eigenvalue weighted by molar-refractivity contribution is -0.126. The molecule has 1 atom stereocenters. The minimum atomic E-state index is -0.427. The first kappa shape index (κ1) is 17.3. The molecule has 0 bridgehead atoms. The molecule has 1 N–H and O–H groups in total. The third-order valence-corrected chi connectivity index (χ3v) is 4.82. The summed E-state index contributed by atoms with van der Waals surface area (Å²) >= 11 is 0. The summed E-state index contributed by atoms with van der Waals surface area (Å²) in [6.45, 7) is 0.804. The summed E-state index contributed by atoms with van der Waals surface area (Å²) in [5, 5.41) is 2.81. The van der Waals surface area contributed by atoms with Crippen molar-refractivity contribution >= 4 is 17.5 Å². The minimum absolute atomic E-state index is 0.108. The van der Waals surface area contributed by atoms with Gasteiger partial charge in [0.25, 0.3) is 0 Å². The van der Waals surface area contributed by atoms with E-state index < -0.39 is 5.92 Å². The van der Waals surface area contributed by atoms with Crippen molar-refractivity contribution in [2.75, 3.05) is 24.8 Å². The van der Waals surface area contributed by atoms with Gasteiger partial charge in [0.1, 0.15) is 5.82 Å². The Hall–Kier alpha value is -3.09. The SMILES string of the molecule is O=C(NCCc1ccccc1F)C1CC(=O)N(c2ccc3c(c2)OCO3)C1. The van der Waals surface area contributed by atoms with Gasteiger partial charge in [-0.15, -0.1) is 0 Å². The highest BCUT2D eigenvalue weighted by Crippen LogP contribution is 2.37. The molecule has 0 radical (unpaired) electrons. The average molecular weight is 370 g/mol. The molecule has 2 amide bonds. The molecule has 1 unspecified atom stereocenters. The molecule has 6 nitrogen and oxygen atoms in total. The largest absolute Gasteiger partial charge is 0.454 e. The molecule has 27 heavy (non-hydrogen) atoms. The summed E-state index contributed by atoms with van der Waals surface area (Å²) in [7, 11) is 0. The van der Waals surface area contributed by atoms with Crippen molar-refractivity contribution in [1.29, 1.82) is 0 Å². The fourth-order valence-electron chi connectivity index (χ4n) is 3.35. The molecule has 2 aromatic rings. The van der Waals surface area contributed by atoms with Crippen LogP contribution in [0.25, 0.3) is 0 Å². The van der Waals surface area contributed by atoms with E-state index in [0.29, 0.717) is 42.3 Å². The van der Waals surface area contributed by atoms with Crippen molar-refractivity contribution in [3.05, 3.63) is 53.8 Å². The highest BCUT2D eigenvalue weighted by molar-refractivity contribution is 6.00. The fraction of sp³-hybridized carbons (Fsp3) is 0.300. The van der Waals surface area contributed by atoms with E-state index in [0.717, 1.165) is 0 Å². The normalized spacial score (nSPS) is 18.0. The maximum Gasteiger partial charge on any atom is 0.231 e. The van der Waals surface area contributed by atoms with Gasteiger partial charge >= 0.3 is 0 Å². The first-order valence-electron chi connectivity index (χ1n) is 8.83. The molecule has 2 aliphatic heterocycles. The zero-order valence-electron chi connectivity index (χ0n) is 14.6. The van der Waals surface area contributed by atoms with Gasteiger partial charge in [-0.25, -0.2) is 4.39 Å². The second-order valence-corrected chi connectivity index (χ2v) is 6.58. The first-order chi connectivity index (χ1) is 13.1. The van der Waals surface area contributed by atoms with E-state index >= 15 is 0 Å². The van der Waals surface area contributed by atoms with Crippen molar-refractivity contribution in [2.24, 2.45) is 5.92 Å². The minimum Gasteiger partial charge on any atom is -0.454 e. The molecule has 2 aromatic carbocycles. The number of carbonyl (C=O) groups excluding carboxylic acids is 2. The second kappa shape index (κ2) is 7.26. The number of nitrogens with zero attached hydrogens (tertiary/aromatic N) is 1. The number of hydrogen-bond acceptors (Lipinski definition) is 4. The summed E-state index contributed by atoms with van der Waals surface area (Å²) in [6.07, 6.45) is 0.560. The lowest BCUT2D eigenvalue weighted by atomic mass is 10.1. The van der Waals surface area contributed by atoms with Crippen molar-refractivity contribution in [3.63, 3.8) is 0 Å². The number of hydrogen-bond donors (Lipinski definition) is 1. The fourth-order valence-corrected chi connectivity index (χ4v) is 3.35. The molecule has 7 heteroatoms. The Kier molecular flexibility index (Phi) is 4.66. The van der Waals surface area contributed by atoms with E-state index in [1.165, 1.54) is 6.07 Å². The van der Waals surface area contributed by atoms with E-state index in [2.05, 4.69) is 5.32 Å². The molecule has 0 aromatic heterocycles. The lowest BCUT2D eigenvalue weighted by Crippen LogP contribution is -2.34. The Labute approximate surface area is 155 Å². The lowest BCUT2D eigenvalue weighted by Gasteiger charge is -2.17. The Morgan fingerprint density at radius 3 is 2.85 bits per heavy atom. The number of rotatable bonds is 5. The Morgan fingerprint density at radius 2 is 2.00 bits per heavy atom. The van der Waals surface area contributed by atoms with Crippen LogP contribution in [0, 0.1) is 11.7 Å².